The number of rotatable bonds is 6. The van der Waals surface area contributed by atoms with Gasteiger partial charge in [0.15, 0.2) is 0 Å². The van der Waals surface area contributed by atoms with Gasteiger partial charge in [-0.15, -0.1) is 0 Å². The van der Waals surface area contributed by atoms with Gasteiger partial charge < -0.3 is 15.7 Å². The van der Waals surface area contributed by atoms with Crippen LogP contribution in [0.15, 0.2) is 36.5 Å². The van der Waals surface area contributed by atoms with Crippen LogP contribution in [-0.4, -0.2) is 29.1 Å². The molecular formula is C17H20ClN3O2. The van der Waals surface area contributed by atoms with Gasteiger partial charge in [0, 0.05) is 30.0 Å². The van der Waals surface area contributed by atoms with E-state index in [9.17, 15) is 4.79 Å². The first-order chi connectivity index (χ1) is 11.0. The highest BCUT2D eigenvalue weighted by molar-refractivity contribution is 6.29. The van der Waals surface area contributed by atoms with E-state index in [4.69, 9.17) is 16.7 Å². The van der Waals surface area contributed by atoms with Crippen molar-refractivity contribution in [2.45, 2.75) is 19.9 Å². The second kappa shape index (κ2) is 7.94. The van der Waals surface area contributed by atoms with Gasteiger partial charge in [0.2, 0.25) is 0 Å². The number of halogens is 1. The molecule has 0 aliphatic heterocycles. The molecule has 1 aromatic heterocycles. The zero-order valence-electron chi connectivity index (χ0n) is 13.1. The minimum Gasteiger partial charge on any atom is -0.395 e. The predicted molar refractivity (Wildman–Crippen MR) is 91.9 cm³/mol. The maximum absolute atomic E-state index is 12.1. The summed E-state index contributed by atoms with van der Waals surface area (Å²) in [5, 5.41) is 15.3. The first-order valence-electron chi connectivity index (χ1n) is 7.39. The van der Waals surface area contributed by atoms with Crippen molar-refractivity contribution < 1.29 is 9.90 Å². The van der Waals surface area contributed by atoms with E-state index in [0.717, 1.165) is 16.8 Å². The van der Waals surface area contributed by atoms with Crippen molar-refractivity contribution in [3.05, 3.63) is 58.4 Å². The minimum atomic E-state index is -0.195. The molecule has 0 fully saturated rings. The smallest absolute Gasteiger partial charge is 0.251 e. The number of amides is 1. The van der Waals surface area contributed by atoms with E-state index in [0.29, 0.717) is 10.7 Å². The number of hydrogen-bond donors (Lipinski definition) is 3. The number of anilines is 1. The number of aromatic nitrogens is 1. The Morgan fingerprint density at radius 2 is 2.17 bits per heavy atom. The Hall–Kier alpha value is -2.11. The first kappa shape index (κ1) is 17.2. The van der Waals surface area contributed by atoms with Gasteiger partial charge in [-0.05, 0) is 49.2 Å². The summed E-state index contributed by atoms with van der Waals surface area (Å²) >= 11 is 5.93. The highest BCUT2D eigenvalue weighted by Crippen LogP contribution is 2.25. The van der Waals surface area contributed by atoms with Crippen LogP contribution >= 0.6 is 11.6 Å². The maximum Gasteiger partial charge on any atom is 0.251 e. The number of hydrogen-bond acceptors (Lipinski definition) is 4. The van der Waals surface area contributed by atoms with E-state index in [-0.39, 0.29) is 25.1 Å². The van der Waals surface area contributed by atoms with E-state index >= 15 is 0 Å². The molecule has 0 saturated carbocycles. The van der Waals surface area contributed by atoms with Gasteiger partial charge >= 0.3 is 0 Å². The third kappa shape index (κ3) is 4.43. The summed E-state index contributed by atoms with van der Waals surface area (Å²) in [6.45, 7) is 4.07. The van der Waals surface area contributed by atoms with Crippen LogP contribution in [0.3, 0.4) is 0 Å². The molecule has 3 N–H and O–H groups in total. The molecule has 2 aromatic rings. The lowest BCUT2D eigenvalue weighted by atomic mass is 10.0. The summed E-state index contributed by atoms with van der Waals surface area (Å²) < 4.78 is 0. The van der Waals surface area contributed by atoms with Crippen molar-refractivity contribution in [3.8, 4) is 0 Å². The minimum absolute atomic E-state index is 0.0185. The normalized spacial score (nSPS) is 11.8. The molecular weight excluding hydrogens is 314 g/mol. The average Bonchev–Trinajstić information content (AvgIpc) is 2.54. The third-order valence-electron chi connectivity index (χ3n) is 3.60. The van der Waals surface area contributed by atoms with Gasteiger partial charge in [0.1, 0.15) is 5.15 Å². The molecule has 0 aliphatic rings. The molecule has 1 atom stereocenters. The van der Waals surface area contributed by atoms with Crippen molar-refractivity contribution in [2.24, 2.45) is 0 Å². The Bertz CT molecular complexity index is 691. The number of benzene rings is 1. The van der Waals surface area contributed by atoms with E-state index in [1.807, 2.05) is 38.1 Å². The number of pyridine rings is 1. The Balaban J connectivity index is 2.18. The lowest BCUT2D eigenvalue weighted by Crippen LogP contribution is -2.27. The molecule has 5 nitrogen and oxygen atoms in total. The molecule has 0 spiro atoms. The summed E-state index contributed by atoms with van der Waals surface area (Å²) in [6, 6.07) is 9.25. The van der Waals surface area contributed by atoms with E-state index in [1.165, 1.54) is 0 Å². The zero-order valence-corrected chi connectivity index (χ0v) is 13.9. The van der Waals surface area contributed by atoms with Gasteiger partial charge in [-0.2, -0.15) is 0 Å². The summed E-state index contributed by atoms with van der Waals surface area (Å²) in [5.41, 5.74) is 3.33. The number of carbonyl (C=O) groups excluding carboxylic acids is 1. The summed E-state index contributed by atoms with van der Waals surface area (Å²) in [4.78, 5) is 16.1. The van der Waals surface area contributed by atoms with Crippen LogP contribution < -0.4 is 10.6 Å². The number of aliphatic hydroxyl groups is 1. The van der Waals surface area contributed by atoms with Crippen LogP contribution in [-0.2, 0) is 0 Å². The lowest BCUT2D eigenvalue weighted by molar-refractivity contribution is 0.0944. The fraction of sp³-hybridized carbons (Fsp3) is 0.294. The van der Waals surface area contributed by atoms with Crippen molar-refractivity contribution in [1.29, 1.82) is 0 Å². The molecule has 6 heteroatoms. The second-order valence-electron chi connectivity index (χ2n) is 5.24. The van der Waals surface area contributed by atoms with Crippen LogP contribution in [0.2, 0.25) is 5.15 Å². The van der Waals surface area contributed by atoms with Crippen molar-refractivity contribution >= 4 is 23.2 Å². The quantitative estimate of drug-likeness (QED) is 0.711. The van der Waals surface area contributed by atoms with Crippen molar-refractivity contribution in [1.82, 2.24) is 10.3 Å². The largest absolute Gasteiger partial charge is 0.395 e. The number of nitrogens with zero attached hydrogens (tertiary/aromatic N) is 1. The Labute approximate surface area is 140 Å². The SMILES string of the molecule is Cc1c(NC(C)c2ccnc(Cl)c2)cccc1C(=O)NCCO. The molecule has 1 aromatic carbocycles. The zero-order chi connectivity index (χ0) is 16.8. The Morgan fingerprint density at radius 3 is 2.87 bits per heavy atom. The number of aliphatic hydroxyl groups excluding tert-OH is 1. The molecule has 122 valence electrons. The van der Waals surface area contributed by atoms with E-state index in [1.54, 1.807) is 12.3 Å². The standard InChI is InChI=1S/C17H20ClN3O2/c1-11-14(17(23)20-8-9-22)4-3-5-15(11)21-12(2)13-6-7-19-16(18)10-13/h3-7,10,12,21-22H,8-9H2,1-2H3,(H,20,23). The van der Waals surface area contributed by atoms with Gasteiger partial charge in [0.05, 0.1) is 6.61 Å². The highest BCUT2D eigenvalue weighted by atomic mass is 35.5. The second-order valence-corrected chi connectivity index (χ2v) is 5.62. The Kier molecular flexibility index (Phi) is 5.96. The van der Waals surface area contributed by atoms with Gasteiger partial charge in [0.25, 0.3) is 5.91 Å². The molecule has 1 amide bonds. The first-order valence-corrected chi connectivity index (χ1v) is 7.77. The average molecular weight is 334 g/mol. The summed E-state index contributed by atoms with van der Waals surface area (Å²) in [5.74, 6) is -0.195. The maximum atomic E-state index is 12.1. The summed E-state index contributed by atoms with van der Waals surface area (Å²) in [6.07, 6.45) is 1.67. The topological polar surface area (TPSA) is 74.2 Å². The fourth-order valence-electron chi connectivity index (χ4n) is 2.31. The van der Waals surface area contributed by atoms with Crippen LogP contribution in [0.4, 0.5) is 5.69 Å². The molecule has 0 aliphatic carbocycles. The molecule has 0 saturated heterocycles. The predicted octanol–water partition coefficient (Wildman–Crippen LogP) is 2.94. The lowest BCUT2D eigenvalue weighted by Gasteiger charge is -2.19. The molecule has 1 unspecified atom stereocenters. The molecule has 23 heavy (non-hydrogen) atoms. The summed E-state index contributed by atoms with van der Waals surface area (Å²) in [7, 11) is 0. The molecule has 1 heterocycles. The van der Waals surface area contributed by atoms with Gasteiger partial charge in [-0.3, -0.25) is 4.79 Å². The van der Waals surface area contributed by atoms with E-state index in [2.05, 4.69) is 15.6 Å². The van der Waals surface area contributed by atoms with Crippen LogP contribution in [0.5, 0.6) is 0 Å². The Morgan fingerprint density at radius 1 is 1.39 bits per heavy atom. The number of carbonyl (C=O) groups is 1. The molecule has 2 rings (SSSR count). The third-order valence-corrected chi connectivity index (χ3v) is 3.81. The van der Waals surface area contributed by atoms with Gasteiger partial charge in [-0.1, -0.05) is 17.7 Å². The van der Waals surface area contributed by atoms with Crippen LogP contribution in [0.1, 0.15) is 34.5 Å². The van der Waals surface area contributed by atoms with Crippen LogP contribution in [0, 0.1) is 6.92 Å². The fourth-order valence-corrected chi connectivity index (χ4v) is 2.49. The molecule has 0 bridgehead atoms. The van der Waals surface area contributed by atoms with Gasteiger partial charge in [-0.25, -0.2) is 4.98 Å². The molecule has 0 radical (unpaired) electrons. The van der Waals surface area contributed by atoms with Crippen molar-refractivity contribution in [2.75, 3.05) is 18.5 Å². The number of nitrogens with one attached hydrogen (secondary N) is 2. The van der Waals surface area contributed by atoms with E-state index < -0.39 is 0 Å². The van der Waals surface area contributed by atoms with Crippen LogP contribution in [0.25, 0.3) is 0 Å². The highest BCUT2D eigenvalue weighted by Gasteiger charge is 2.13. The van der Waals surface area contributed by atoms with Crippen molar-refractivity contribution in [3.63, 3.8) is 0 Å². The monoisotopic (exact) mass is 333 g/mol.